The van der Waals surface area contributed by atoms with Gasteiger partial charge in [-0.2, -0.15) is 0 Å². The third-order valence-corrected chi connectivity index (χ3v) is 4.29. The molecule has 1 aromatic heterocycles. The number of hydrogen-bond donors (Lipinski definition) is 2. The van der Waals surface area contributed by atoms with Gasteiger partial charge in [0.15, 0.2) is 0 Å². The molecule has 2 aromatic rings. The van der Waals surface area contributed by atoms with Crippen LogP contribution in [0.3, 0.4) is 0 Å². The lowest BCUT2D eigenvalue weighted by Gasteiger charge is -2.21. The minimum Gasteiger partial charge on any atom is -0.342 e. The van der Waals surface area contributed by atoms with Crippen LogP contribution in [0.1, 0.15) is 41.0 Å². The number of amides is 2. The standard InChI is InChI=1S/C20H26N4O2/c1-14(2)18(21)9-11-24(3)20(26)15-6-4-8-17(12-15)23-19(25)16-7-5-10-22-13-16/h4-8,10,12-14,18H,9,11,21H2,1-3H3,(H,23,25). The Bertz CT molecular complexity index is 746. The van der Waals surface area contributed by atoms with E-state index in [1.807, 2.05) is 0 Å². The summed E-state index contributed by atoms with van der Waals surface area (Å²) in [6.07, 6.45) is 3.85. The van der Waals surface area contributed by atoms with Gasteiger partial charge in [0.2, 0.25) is 0 Å². The number of nitrogens with one attached hydrogen (secondary N) is 1. The van der Waals surface area contributed by atoms with Crippen LogP contribution in [0.25, 0.3) is 0 Å². The second-order valence-electron chi connectivity index (χ2n) is 6.70. The largest absolute Gasteiger partial charge is 0.342 e. The van der Waals surface area contributed by atoms with Crippen molar-refractivity contribution in [3.63, 3.8) is 0 Å². The molecule has 2 amide bonds. The number of rotatable bonds is 7. The van der Waals surface area contributed by atoms with Crippen LogP contribution in [0.4, 0.5) is 5.69 Å². The third kappa shape index (κ3) is 5.39. The molecule has 1 aromatic carbocycles. The quantitative estimate of drug-likeness (QED) is 0.800. The molecule has 2 rings (SSSR count). The number of aromatic nitrogens is 1. The average Bonchev–Trinajstić information content (AvgIpc) is 2.65. The highest BCUT2D eigenvalue weighted by Gasteiger charge is 2.15. The molecule has 1 unspecified atom stereocenters. The number of nitrogens with two attached hydrogens (primary N) is 1. The minimum atomic E-state index is -0.265. The maximum Gasteiger partial charge on any atom is 0.257 e. The zero-order valence-corrected chi connectivity index (χ0v) is 15.5. The minimum absolute atomic E-state index is 0.0651. The lowest BCUT2D eigenvalue weighted by molar-refractivity contribution is 0.0789. The van der Waals surface area contributed by atoms with Gasteiger partial charge in [0.25, 0.3) is 11.8 Å². The number of benzene rings is 1. The van der Waals surface area contributed by atoms with Crippen molar-refractivity contribution >= 4 is 17.5 Å². The van der Waals surface area contributed by atoms with E-state index >= 15 is 0 Å². The van der Waals surface area contributed by atoms with Crippen LogP contribution >= 0.6 is 0 Å². The van der Waals surface area contributed by atoms with Crippen molar-refractivity contribution in [2.24, 2.45) is 11.7 Å². The molecule has 0 aliphatic carbocycles. The molecule has 0 aliphatic rings. The van der Waals surface area contributed by atoms with E-state index < -0.39 is 0 Å². The van der Waals surface area contributed by atoms with E-state index in [0.717, 1.165) is 6.42 Å². The van der Waals surface area contributed by atoms with E-state index in [-0.39, 0.29) is 17.9 Å². The Kier molecular flexibility index (Phi) is 6.86. The highest BCUT2D eigenvalue weighted by molar-refractivity contribution is 6.04. The lowest BCUT2D eigenvalue weighted by Crippen LogP contribution is -2.34. The van der Waals surface area contributed by atoms with Gasteiger partial charge in [-0.25, -0.2) is 0 Å². The van der Waals surface area contributed by atoms with Gasteiger partial charge < -0.3 is 16.0 Å². The summed E-state index contributed by atoms with van der Waals surface area (Å²) >= 11 is 0. The summed E-state index contributed by atoms with van der Waals surface area (Å²) in [6, 6.07) is 10.4. The van der Waals surface area contributed by atoms with Crippen LogP contribution < -0.4 is 11.1 Å². The summed E-state index contributed by atoms with van der Waals surface area (Å²) in [6.45, 7) is 4.73. The molecular weight excluding hydrogens is 328 g/mol. The number of carbonyl (C=O) groups excluding carboxylic acids is 2. The van der Waals surface area contributed by atoms with E-state index in [1.54, 1.807) is 54.5 Å². The Morgan fingerprint density at radius 3 is 2.58 bits per heavy atom. The highest BCUT2D eigenvalue weighted by Crippen LogP contribution is 2.14. The first-order valence-corrected chi connectivity index (χ1v) is 8.71. The zero-order valence-electron chi connectivity index (χ0n) is 15.5. The summed E-state index contributed by atoms with van der Waals surface area (Å²) in [5.74, 6) is 0.0157. The second kappa shape index (κ2) is 9.10. The van der Waals surface area contributed by atoms with E-state index in [0.29, 0.717) is 29.3 Å². The zero-order chi connectivity index (χ0) is 19.1. The number of nitrogens with zero attached hydrogens (tertiary/aromatic N) is 2. The summed E-state index contributed by atoms with van der Waals surface area (Å²) in [7, 11) is 1.76. The molecule has 26 heavy (non-hydrogen) atoms. The number of hydrogen-bond acceptors (Lipinski definition) is 4. The van der Waals surface area contributed by atoms with E-state index in [4.69, 9.17) is 5.73 Å². The van der Waals surface area contributed by atoms with E-state index in [1.165, 1.54) is 6.20 Å². The molecule has 138 valence electrons. The molecule has 0 fully saturated rings. The molecule has 1 heterocycles. The average molecular weight is 354 g/mol. The summed E-state index contributed by atoms with van der Waals surface area (Å²) < 4.78 is 0. The van der Waals surface area contributed by atoms with Crippen molar-refractivity contribution in [1.29, 1.82) is 0 Å². The number of pyridine rings is 1. The topological polar surface area (TPSA) is 88.3 Å². The fourth-order valence-corrected chi connectivity index (χ4v) is 2.43. The Balaban J connectivity index is 2.01. The highest BCUT2D eigenvalue weighted by atomic mass is 16.2. The van der Waals surface area contributed by atoms with E-state index in [2.05, 4.69) is 24.1 Å². The van der Waals surface area contributed by atoms with Crippen LogP contribution in [0.15, 0.2) is 48.8 Å². The maximum absolute atomic E-state index is 12.6. The maximum atomic E-state index is 12.6. The molecule has 6 heteroatoms. The van der Waals surface area contributed by atoms with Gasteiger partial charge >= 0.3 is 0 Å². The van der Waals surface area contributed by atoms with Gasteiger partial charge in [0.05, 0.1) is 5.56 Å². The van der Waals surface area contributed by atoms with Gasteiger partial charge in [-0.15, -0.1) is 0 Å². The van der Waals surface area contributed by atoms with Crippen LogP contribution in [-0.2, 0) is 0 Å². The first kappa shape index (κ1) is 19.6. The van der Waals surface area contributed by atoms with Gasteiger partial charge in [-0.1, -0.05) is 19.9 Å². The smallest absolute Gasteiger partial charge is 0.257 e. The van der Waals surface area contributed by atoms with Gasteiger partial charge in [-0.05, 0) is 42.7 Å². The normalized spacial score (nSPS) is 11.9. The molecular formula is C20H26N4O2. The Morgan fingerprint density at radius 1 is 1.19 bits per heavy atom. The summed E-state index contributed by atoms with van der Waals surface area (Å²) in [5, 5.41) is 2.79. The van der Waals surface area contributed by atoms with Gasteiger partial charge in [-0.3, -0.25) is 14.6 Å². The summed E-state index contributed by atoms with van der Waals surface area (Å²) in [4.78, 5) is 30.4. The molecule has 0 saturated heterocycles. The number of carbonyl (C=O) groups is 2. The third-order valence-electron chi connectivity index (χ3n) is 4.29. The number of anilines is 1. The van der Waals surface area contributed by atoms with Crippen molar-refractivity contribution < 1.29 is 9.59 Å². The predicted molar refractivity (Wildman–Crippen MR) is 103 cm³/mol. The van der Waals surface area contributed by atoms with Crippen molar-refractivity contribution in [3.05, 3.63) is 59.9 Å². The predicted octanol–water partition coefficient (Wildman–Crippen LogP) is 2.78. The van der Waals surface area contributed by atoms with Gasteiger partial charge in [0.1, 0.15) is 0 Å². The lowest BCUT2D eigenvalue weighted by atomic mass is 10.0. The van der Waals surface area contributed by atoms with Crippen molar-refractivity contribution in [2.75, 3.05) is 18.9 Å². The fraction of sp³-hybridized carbons (Fsp3) is 0.350. The molecule has 3 N–H and O–H groups in total. The van der Waals surface area contributed by atoms with Crippen LogP contribution in [0.5, 0.6) is 0 Å². The molecule has 0 spiro atoms. The molecule has 0 bridgehead atoms. The fourth-order valence-electron chi connectivity index (χ4n) is 2.43. The molecule has 0 saturated carbocycles. The molecule has 0 aliphatic heterocycles. The van der Waals surface area contributed by atoms with Crippen LogP contribution in [0.2, 0.25) is 0 Å². The first-order chi connectivity index (χ1) is 12.4. The van der Waals surface area contributed by atoms with Crippen molar-refractivity contribution in [3.8, 4) is 0 Å². The van der Waals surface area contributed by atoms with Crippen molar-refractivity contribution in [2.45, 2.75) is 26.3 Å². The SMILES string of the molecule is CC(C)C(N)CCN(C)C(=O)c1cccc(NC(=O)c2cccnc2)c1. The Hall–Kier alpha value is -2.73. The van der Waals surface area contributed by atoms with Crippen LogP contribution in [-0.4, -0.2) is 41.3 Å². The Morgan fingerprint density at radius 2 is 1.92 bits per heavy atom. The monoisotopic (exact) mass is 354 g/mol. The first-order valence-electron chi connectivity index (χ1n) is 8.71. The summed E-state index contributed by atoms with van der Waals surface area (Å²) in [5.41, 5.74) is 7.60. The molecule has 1 atom stereocenters. The second-order valence-corrected chi connectivity index (χ2v) is 6.70. The molecule has 0 radical (unpaired) electrons. The Labute approximate surface area is 154 Å². The van der Waals surface area contributed by atoms with Crippen LogP contribution in [0, 0.1) is 5.92 Å². The van der Waals surface area contributed by atoms with Gasteiger partial charge in [0, 0.05) is 43.3 Å². The van der Waals surface area contributed by atoms with Crippen molar-refractivity contribution in [1.82, 2.24) is 9.88 Å². The van der Waals surface area contributed by atoms with E-state index in [9.17, 15) is 9.59 Å². The molecule has 6 nitrogen and oxygen atoms in total.